The van der Waals surface area contributed by atoms with Crippen LogP contribution < -0.4 is 0 Å². The summed E-state index contributed by atoms with van der Waals surface area (Å²) in [4.78, 5) is 12.4. The third-order valence-corrected chi connectivity index (χ3v) is 3.58. The number of ether oxygens (including phenoxy) is 1. The van der Waals surface area contributed by atoms with E-state index >= 15 is 0 Å². The summed E-state index contributed by atoms with van der Waals surface area (Å²) in [5.41, 5.74) is 0.252. The summed E-state index contributed by atoms with van der Waals surface area (Å²) in [6.45, 7) is 1.85. The van der Waals surface area contributed by atoms with Gasteiger partial charge in [0.1, 0.15) is 11.4 Å². The Morgan fingerprint density at radius 1 is 1.35 bits per heavy atom. The Bertz CT molecular complexity index is 434. The molecular weight excluding hydrogens is 219 g/mol. The number of hydrogen-bond acceptors (Lipinski definition) is 2. The van der Waals surface area contributed by atoms with Gasteiger partial charge < -0.3 is 4.74 Å². The molecule has 1 aromatic rings. The molecule has 0 unspecified atom stereocenters. The molecule has 0 radical (unpaired) electrons. The maximum atomic E-state index is 13.7. The van der Waals surface area contributed by atoms with E-state index in [9.17, 15) is 9.18 Å². The molecule has 1 fully saturated rings. The SMILES string of the molecule is COC1(C(=O)c2cc(C)ccc2F)CCCC1. The molecule has 0 spiro atoms. The number of ketones is 1. The quantitative estimate of drug-likeness (QED) is 0.753. The van der Waals surface area contributed by atoms with Crippen molar-refractivity contribution >= 4 is 5.78 Å². The standard InChI is InChI=1S/C14H17FO2/c1-10-5-6-12(15)11(9-10)13(16)14(17-2)7-3-4-8-14/h5-6,9H,3-4,7-8H2,1-2H3. The fourth-order valence-corrected chi connectivity index (χ4v) is 2.53. The minimum absolute atomic E-state index is 0.161. The summed E-state index contributed by atoms with van der Waals surface area (Å²) in [5, 5.41) is 0. The van der Waals surface area contributed by atoms with Gasteiger partial charge in [-0.15, -0.1) is 0 Å². The molecule has 0 atom stereocenters. The molecule has 0 aliphatic heterocycles. The lowest BCUT2D eigenvalue weighted by molar-refractivity contribution is 0.00568. The predicted molar refractivity (Wildman–Crippen MR) is 63.7 cm³/mol. The van der Waals surface area contributed by atoms with Crippen LogP contribution in [0.5, 0.6) is 0 Å². The molecule has 92 valence electrons. The molecule has 0 saturated heterocycles. The summed E-state index contributed by atoms with van der Waals surface area (Å²) < 4.78 is 19.1. The lowest BCUT2D eigenvalue weighted by Crippen LogP contribution is -2.38. The van der Waals surface area contributed by atoms with Crippen molar-refractivity contribution in [2.24, 2.45) is 0 Å². The van der Waals surface area contributed by atoms with Gasteiger partial charge in [-0.1, -0.05) is 11.6 Å². The van der Waals surface area contributed by atoms with Gasteiger partial charge in [0.25, 0.3) is 0 Å². The monoisotopic (exact) mass is 236 g/mol. The van der Waals surface area contributed by atoms with Crippen LogP contribution in [0, 0.1) is 12.7 Å². The Hall–Kier alpha value is -1.22. The van der Waals surface area contributed by atoms with Crippen molar-refractivity contribution in [1.29, 1.82) is 0 Å². The van der Waals surface area contributed by atoms with E-state index in [-0.39, 0.29) is 11.3 Å². The maximum absolute atomic E-state index is 13.7. The van der Waals surface area contributed by atoms with E-state index in [1.807, 2.05) is 6.92 Å². The van der Waals surface area contributed by atoms with E-state index in [1.165, 1.54) is 13.2 Å². The van der Waals surface area contributed by atoms with Gasteiger partial charge in [0.15, 0.2) is 5.78 Å². The highest BCUT2D eigenvalue weighted by Gasteiger charge is 2.42. The second kappa shape index (κ2) is 4.57. The molecule has 2 rings (SSSR count). The summed E-state index contributed by atoms with van der Waals surface area (Å²) in [6.07, 6.45) is 3.31. The smallest absolute Gasteiger partial charge is 0.197 e. The van der Waals surface area contributed by atoms with Crippen LogP contribution >= 0.6 is 0 Å². The van der Waals surface area contributed by atoms with Gasteiger partial charge in [0.2, 0.25) is 0 Å². The molecule has 3 heteroatoms. The normalized spacial score (nSPS) is 18.3. The van der Waals surface area contributed by atoms with E-state index in [0.29, 0.717) is 12.8 Å². The largest absolute Gasteiger partial charge is 0.370 e. The number of carbonyl (C=O) groups is 1. The molecule has 0 bridgehead atoms. The van der Waals surface area contributed by atoms with Crippen LogP contribution in [0.3, 0.4) is 0 Å². The topological polar surface area (TPSA) is 26.3 Å². The average Bonchev–Trinajstić information content (AvgIpc) is 2.81. The van der Waals surface area contributed by atoms with Crippen LogP contribution in [0.4, 0.5) is 4.39 Å². The Labute approximate surface area is 101 Å². The summed E-state index contributed by atoms with van der Waals surface area (Å²) >= 11 is 0. The Balaban J connectivity index is 2.39. The van der Waals surface area contributed by atoms with Crippen LogP contribution in [0.2, 0.25) is 0 Å². The van der Waals surface area contributed by atoms with Crippen LogP contribution in [-0.2, 0) is 4.74 Å². The van der Waals surface area contributed by atoms with E-state index in [1.54, 1.807) is 12.1 Å². The van der Waals surface area contributed by atoms with Crippen molar-refractivity contribution in [3.63, 3.8) is 0 Å². The first-order valence-electron chi connectivity index (χ1n) is 5.95. The minimum atomic E-state index is -0.797. The third kappa shape index (κ3) is 2.12. The molecule has 1 saturated carbocycles. The van der Waals surface area contributed by atoms with E-state index < -0.39 is 11.4 Å². The zero-order chi connectivity index (χ0) is 12.5. The molecule has 17 heavy (non-hydrogen) atoms. The summed E-state index contributed by atoms with van der Waals surface area (Å²) in [7, 11) is 1.54. The number of rotatable bonds is 3. The molecule has 1 aromatic carbocycles. The minimum Gasteiger partial charge on any atom is -0.370 e. The van der Waals surface area contributed by atoms with E-state index in [2.05, 4.69) is 0 Å². The van der Waals surface area contributed by atoms with Crippen molar-refractivity contribution in [1.82, 2.24) is 0 Å². The fourth-order valence-electron chi connectivity index (χ4n) is 2.53. The second-order valence-corrected chi connectivity index (χ2v) is 4.72. The van der Waals surface area contributed by atoms with E-state index in [4.69, 9.17) is 4.74 Å². The number of methoxy groups -OCH3 is 1. The highest BCUT2D eigenvalue weighted by atomic mass is 19.1. The Morgan fingerprint density at radius 3 is 2.59 bits per heavy atom. The number of halogens is 1. The molecule has 0 N–H and O–H groups in total. The van der Waals surface area contributed by atoms with Crippen LogP contribution in [-0.4, -0.2) is 18.5 Å². The summed E-state index contributed by atoms with van der Waals surface area (Å²) in [5.74, 6) is -0.664. The molecule has 2 nitrogen and oxygen atoms in total. The van der Waals surface area contributed by atoms with Crippen LogP contribution in [0.1, 0.15) is 41.6 Å². The zero-order valence-electron chi connectivity index (χ0n) is 10.3. The van der Waals surface area contributed by atoms with Crippen molar-refractivity contribution in [3.05, 3.63) is 35.1 Å². The first kappa shape index (κ1) is 12.2. The van der Waals surface area contributed by atoms with Gasteiger partial charge in [0.05, 0.1) is 5.56 Å². The van der Waals surface area contributed by atoms with Gasteiger partial charge >= 0.3 is 0 Å². The Kier molecular flexibility index (Phi) is 3.29. The first-order valence-corrected chi connectivity index (χ1v) is 5.95. The first-order chi connectivity index (χ1) is 8.09. The number of benzene rings is 1. The highest BCUT2D eigenvalue weighted by Crippen LogP contribution is 2.36. The van der Waals surface area contributed by atoms with Gasteiger partial charge in [0, 0.05) is 7.11 Å². The van der Waals surface area contributed by atoms with Crippen LogP contribution in [0.15, 0.2) is 18.2 Å². The molecule has 1 aliphatic rings. The third-order valence-electron chi connectivity index (χ3n) is 3.58. The second-order valence-electron chi connectivity index (χ2n) is 4.72. The molecule has 0 amide bonds. The number of hydrogen-bond donors (Lipinski definition) is 0. The fraction of sp³-hybridized carbons (Fsp3) is 0.500. The molecule has 1 aliphatic carbocycles. The molecule has 0 aromatic heterocycles. The van der Waals surface area contributed by atoms with Crippen LogP contribution in [0.25, 0.3) is 0 Å². The van der Waals surface area contributed by atoms with E-state index in [0.717, 1.165) is 18.4 Å². The number of Topliss-reactive ketones (excluding diaryl/α,β-unsaturated/α-hetero) is 1. The lowest BCUT2D eigenvalue weighted by Gasteiger charge is -2.26. The molecular formula is C14H17FO2. The number of carbonyl (C=O) groups excluding carboxylic acids is 1. The lowest BCUT2D eigenvalue weighted by atomic mass is 9.90. The van der Waals surface area contributed by atoms with Gasteiger partial charge in [-0.2, -0.15) is 0 Å². The maximum Gasteiger partial charge on any atom is 0.197 e. The van der Waals surface area contributed by atoms with Crippen molar-refractivity contribution in [2.75, 3.05) is 7.11 Å². The van der Waals surface area contributed by atoms with Gasteiger partial charge in [-0.3, -0.25) is 4.79 Å². The Morgan fingerprint density at radius 2 is 2.00 bits per heavy atom. The van der Waals surface area contributed by atoms with Gasteiger partial charge in [-0.25, -0.2) is 4.39 Å². The zero-order valence-corrected chi connectivity index (χ0v) is 10.3. The van der Waals surface area contributed by atoms with Crippen molar-refractivity contribution in [3.8, 4) is 0 Å². The predicted octanol–water partition coefficient (Wildman–Crippen LogP) is 3.28. The van der Waals surface area contributed by atoms with Gasteiger partial charge in [-0.05, 0) is 44.7 Å². The average molecular weight is 236 g/mol. The summed E-state index contributed by atoms with van der Waals surface area (Å²) in [6, 6.07) is 4.62. The van der Waals surface area contributed by atoms with Crippen molar-refractivity contribution < 1.29 is 13.9 Å². The molecule has 0 heterocycles. The number of aryl methyl sites for hydroxylation is 1. The van der Waals surface area contributed by atoms with Crippen molar-refractivity contribution in [2.45, 2.75) is 38.2 Å². The highest BCUT2D eigenvalue weighted by molar-refractivity contribution is 6.03.